The highest BCUT2D eigenvalue weighted by atomic mass is 16.7. The molecule has 0 aliphatic carbocycles. The maximum absolute atomic E-state index is 11.4. The van der Waals surface area contributed by atoms with Gasteiger partial charge >= 0.3 is 5.69 Å². The van der Waals surface area contributed by atoms with Crippen LogP contribution in [0.3, 0.4) is 0 Å². The summed E-state index contributed by atoms with van der Waals surface area (Å²) in [7, 11) is 0. The molecule has 7 nitrogen and oxygen atoms in total. The minimum Gasteiger partial charge on any atom is -0.454 e. The highest BCUT2D eigenvalue weighted by Crippen LogP contribution is 2.34. The molecule has 1 aromatic heterocycles. The van der Waals surface area contributed by atoms with Gasteiger partial charge in [-0.15, -0.1) is 0 Å². The monoisotopic (exact) mass is 259 g/mol. The number of para-hydroxylation sites is 1. The largest absolute Gasteiger partial charge is 0.454 e. The first kappa shape index (κ1) is 11.3. The number of nitrogens with one attached hydrogen (secondary N) is 2. The predicted octanol–water partition coefficient (Wildman–Crippen LogP) is 0.542. The van der Waals surface area contributed by atoms with Gasteiger partial charge in [-0.05, 0) is 12.1 Å². The Bertz CT molecular complexity index is 760. The topological polar surface area (TPSA) is 96.5 Å². The van der Waals surface area contributed by atoms with Crippen molar-refractivity contribution in [3.63, 3.8) is 0 Å². The summed E-state index contributed by atoms with van der Waals surface area (Å²) >= 11 is 0. The van der Waals surface area contributed by atoms with E-state index in [1.54, 1.807) is 18.2 Å². The Kier molecular flexibility index (Phi) is 2.64. The molecule has 19 heavy (non-hydrogen) atoms. The van der Waals surface area contributed by atoms with E-state index in [0.717, 1.165) is 0 Å². The summed E-state index contributed by atoms with van der Waals surface area (Å²) in [5.74, 6) is 1.23. The van der Waals surface area contributed by atoms with Crippen molar-refractivity contribution in [2.45, 2.75) is 0 Å². The van der Waals surface area contributed by atoms with Crippen molar-refractivity contribution in [1.82, 2.24) is 9.97 Å². The number of nitrogens with zero attached hydrogens (tertiary/aromatic N) is 1. The average molecular weight is 259 g/mol. The van der Waals surface area contributed by atoms with Gasteiger partial charge in [0.15, 0.2) is 11.5 Å². The van der Waals surface area contributed by atoms with Crippen LogP contribution in [0, 0.1) is 0 Å². The molecule has 2 N–H and O–H groups in total. The molecule has 0 amide bonds. The highest BCUT2D eigenvalue weighted by Gasteiger charge is 2.15. The van der Waals surface area contributed by atoms with Crippen LogP contribution in [0.4, 0.5) is 5.69 Å². The molecule has 3 rings (SSSR count). The number of hydrogen-bond donors (Lipinski definition) is 2. The van der Waals surface area contributed by atoms with Crippen LogP contribution in [0.1, 0.15) is 5.56 Å². The SMILES string of the molecule is O=c1[nH]cc(N=Cc2cccc3c2OCO3)c(=O)[nH]1. The molecular weight excluding hydrogens is 250 g/mol. The standard InChI is InChI=1S/C12H9N3O4/c16-11-8(5-14-12(17)15-11)13-4-7-2-1-3-9-10(7)19-6-18-9/h1-5H,6H2,(H2,14,15,16,17). The summed E-state index contributed by atoms with van der Waals surface area (Å²) in [6, 6.07) is 5.37. The van der Waals surface area contributed by atoms with E-state index in [2.05, 4.69) is 15.0 Å². The summed E-state index contributed by atoms with van der Waals surface area (Å²) in [6.45, 7) is 0.166. The molecule has 1 aliphatic rings. The molecule has 0 fully saturated rings. The number of H-pyrrole nitrogens is 2. The molecule has 0 saturated heterocycles. The lowest BCUT2D eigenvalue weighted by Crippen LogP contribution is -2.20. The number of rotatable bonds is 2. The summed E-state index contributed by atoms with van der Waals surface area (Å²) in [6.07, 6.45) is 2.73. The average Bonchev–Trinajstić information content (AvgIpc) is 2.86. The Morgan fingerprint density at radius 3 is 3.00 bits per heavy atom. The van der Waals surface area contributed by atoms with Crippen LogP contribution in [0.25, 0.3) is 0 Å². The fraction of sp³-hybridized carbons (Fsp3) is 0.0833. The third-order valence-electron chi connectivity index (χ3n) is 2.57. The highest BCUT2D eigenvalue weighted by molar-refractivity contribution is 5.86. The van der Waals surface area contributed by atoms with E-state index < -0.39 is 11.2 Å². The van der Waals surface area contributed by atoms with Crippen molar-refractivity contribution < 1.29 is 9.47 Å². The van der Waals surface area contributed by atoms with Crippen LogP contribution < -0.4 is 20.7 Å². The van der Waals surface area contributed by atoms with Crippen molar-refractivity contribution in [2.75, 3.05) is 6.79 Å². The van der Waals surface area contributed by atoms with E-state index in [9.17, 15) is 9.59 Å². The van der Waals surface area contributed by atoms with E-state index in [1.165, 1.54) is 12.4 Å². The van der Waals surface area contributed by atoms with Crippen LogP contribution in [-0.2, 0) is 0 Å². The summed E-state index contributed by atoms with van der Waals surface area (Å²) in [5.41, 5.74) is -0.317. The third kappa shape index (κ3) is 2.13. The van der Waals surface area contributed by atoms with Crippen LogP contribution in [0.2, 0.25) is 0 Å². The Hall–Kier alpha value is -2.83. The first-order valence-electron chi connectivity index (χ1n) is 5.49. The number of benzene rings is 1. The number of aliphatic imine (C=N–C) groups is 1. The molecule has 0 saturated carbocycles. The quantitative estimate of drug-likeness (QED) is 0.769. The molecule has 1 aliphatic heterocycles. The lowest BCUT2D eigenvalue weighted by atomic mass is 10.2. The third-order valence-corrected chi connectivity index (χ3v) is 2.57. The molecule has 1 aromatic carbocycles. The number of aromatic nitrogens is 2. The van der Waals surface area contributed by atoms with Crippen molar-refractivity contribution in [1.29, 1.82) is 0 Å². The van der Waals surface area contributed by atoms with Gasteiger partial charge in [-0.25, -0.2) is 9.79 Å². The maximum atomic E-state index is 11.4. The lowest BCUT2D eigenvalue weighted by Gasteiger charge is -1.99. The smallest absolute Gasteiger partial charge is 0.325 e. The molecule has 0 radical (unpaired) electrons. The maximum Gasteiger partial charge on any atom is 0.325 e. The summed E-state index contributed by atoms with van der Waals surface area (Å²) < 4.78 is 10.5. The molecule has 2 aromatic rings. The van der Waals surface area contributed by atoms with Gasteiger partial charge in [0.2, 0.25) is 6.79 Å². The molecule has 2 heterocycles. The van der Waals surface area contributed by atoms with Crippen LogP contribution in [-0.4, -0.2) is 23.0 Å². The van der Waals surface area contributed by atoms with Crippen molar-refractivity contribution in [2.24, 2.45) is 4.99 Å². The zero-order valence-electron chi connectivity index (χ0n) is 9.67. The van der Waals surface area contributed by atoms with Gasteiger partial charge in [0.05, 0.1) is 0 Å². The molecule has 0 atom stereocenters. The second-order valence-corrected chi connectivity index (χ2v) is 3.80. The zero-order chi connectivity index (χ0) is 13.2. The number of ether oxygens (including phenoxy) is 2. The summed E-state index contributed by atoms with van der Waals surface area (Å²) in [4.78, 5) is 30.8. The molecular formula is C12H9N3O4. The van der Waals surface area contributed by atoms with Gasteiger partial charge in [-0.3, -0.25) is 9.78 Å². The first-order valence-corrected chi connectivity index (χ1v) is 5.49. The first-order chi connectivity index (χ1) is 9.24. The van der Waals surface area contributed by atoms with Crippen LogP contribution in [0.5, 0.6) is 11.5 Å². The van der Waals surface area contributed by atoms with E-state index in [4.69, 9.17) is 9.47 Å². The molecule has 0 bridgehead atoms. The minimum absolute atomic E-state index is 0.108. The van der Waals surface area contributed by atoms with Gasteiger partial charge in [-0.1, -0.05) is 6.07 Å². The number of hydrogen-bond acceptors (Lipinski definition) is 5. The number of aromatic amines is 2. The van der Waals surface area contributed by atoms with E-state index in [0.29, 0.717) is 17.1 Å². The van der Waals surface area contributed by atoms with Crippen LogP contribution in [0.15, 0.2) is 39.0 Å². The Balaban J connectivity index is 1.97. The van der Waals surface area contributed by atoms with E-state index in [-0.39, 0.29) is 12.5 Å². The molecule has 0 spiro atoms. The summed E-state index contributed by atoms with van der Waals surface area (Å²) in [5, 5.41) is 0. The predicted molar refractivity (Wildman–Crippen MR) is 67.5 cm³/mol. The zero-order valence-corrected chi connectivity index (χ0v) is 9.67. The van der Waals surface area contributed by atoms with Crippen molar-refractivity contribution in [3.8, 4) is 11.5 Å². The van der Waals surface area contributed by atoms with Gasteiger partial charge in [0.1, 0.15) is 5.69 Å². The number of fused-ring (bicyclic) bond motifs is 1. The van der Waals surface area contributed by atoms with Gasteiger partial charge in [0.25, 0.3) is 5.56 Å². The van der Waals surface area contributed by atoms with Gasteiger partial charge in [-0.2, -0.15) is 0 Å². The fourth-order valence-corrected chi connectivity index (χ4v) is 1.69. The minimum atomic E-state index is -0.568. The van der Waals surface area contributed by atoms with E-state index >= 15 is 0 Å². The van der Waals surface area contributed by atoms with Gasteiger partial charge in [0, 0.05) is 18.0 Å². The molecule has 7 heteroatoms. The van der Waals surface area contributed by atoms with Crippen molar-refractivity contribution in [3.05, 3.63) is 50.8 Å². The van der Waals surface area contributed by atoms with Crippen molar-refractivity contribution >= 4 is 11.9 Å². The van der Waals surface area contributed by atoms with E-state index in [1.807, 2.05) is 0 Å². The molecule has 0 unspecified atom stereocenters. The van der Waals surface area contributed by atoms with Crippen LogP contribution >= 0.6 is 0 Å². The normalized spacial score (nSPS) is 13.1. The fourth-order valence-electron chi connectivity index (χ4n) is 1.69. The lowest BCUT2D eigenvalue weighted by molar-refractivity contribution is 0.174. The van der Waals surface area contributed by atoms with Gasteiger partial charge < -0.3 is 14.5 Å². The Morgan fingerprint density at radius 1 is 1.26 bits per heavy atom. The second-order valence-electron chi connectivity index (χ2n) is 3.80. The Labute approximate surface area is 106 Å². The molecule has 96 valence electrons. The second kappa shape index (κ2) is 4.45. The Morgan fingerprint density at radius 2 is 2.16 bits per heavy atom.